The van der Waals surface area contributed by atoms with Gasteiger partial charge in [0.15, 0.2) is 5.69 Å². The van der Waals surface area contributed by atoms with Gasteiger partial charge in [-0.25, -0.2) is 0 Å². The average molecular weight is 412 g/mol. The number of fused-ring (bicyclic) bond motifs is 1. The number of nitrogens with one attached hydrogen (secondary N) is 1. The van der Waals surface area contributed by atoms with Gasteiger partial charge in [0.25, 0.3) is 11.8 Å². The first kappa shape index (κ1) is 20.0. The molecular formula is C24H20N4O3. The lowest BCUT2D eigenvalue weighted by molar-refractivity contribution is -0.117. The molecule has 0 spiro atoms. The van der Waals surface area contributed by atoms with E-state index in [1.165, 1.54) is 0 Å². The minimum Gasteiger partial charge on any atom is -0.493 e. The minimum absolute atomic E-state index is 0.0741. The smallest absolute Gasteiger partial charge is 0.283 e. The Hall–Kier alpha value is -4.26. The van der Waals surface area contributed by atoms with Crippen LogP contribution in [-0.2, 0) is 11.3 Å². The summed E-state index contributed by atoms with van der Waals surface area (Å²) >= 11 is 0. The molecule has 0 bridgehead atoms. The van der Waals surface area contributed by atoms with Crippen molar-refractivity contribution in [2.24, 2.45) is 10.2 Å². The van der Waals surface area contributed by atoms with Gasteiger partial charge in [-0.05, 0) is 23.8 Å². The van der Waals surface area contributed by atoms with Crippen molar-refractivity contribution < 1.29 is 14.7 Å². The second-order valence-corrected chi connectivity index (χ2v) is 6.90. The summed E-state index contributed by atoms with van der Waals surface area (Å²) in [6.07, 6.45) is 0. The van der Waals surface area contributed by atoms with Gasteiger partial charge < -0.3 is 15.0 Å². The van der Waals surface area contributed by atoms with E-state index in [1.54, 1.807) is 34.9 Å². The number of amides is 2. The molecule has 0 saturated carbocycles. The van der Waals surface area contributed by atoms with E-state index in [9.17, 15) is 14.7 Å². The van der Waals surface area contributed by atoms with Crippen molar-refractivity contribution in [2.45, 2.75) is 6.54 Å². The van der Waals surface area contributed by atoms with Crippen molar-refractivity contribution in [3.8, 4) is 5.88 Å². The minimum atomic E-state index is -0.622. The highest BCUT2D eigenvalue weighted by molar-refractivity contribution is 5.97. The van der Waals surface area contributed by atoms with Crippen LogP contribution in [0.4, 0.5) is 5.69 Å². The largest absolute Gasteiger partial charge is 0.493 e. The van der Waals surface area contributed by atoms with E-state index in [-0.39, 0.29) is 24.0 Å². The number of carbonyl (C=O) groups excluding carboxylic acids is 2. The Morgan fingerprint density at radius 1 is 0.871 bits per heavy atom. The van der Waals surface area contributed by atoms with Crippen molar-refractivity contribution in [3.05, 3.63) is 96.1 Å². The second kappa shape index (κ2) is 9.04. The van der Waals surface area contributed by atoms with Gasteiger partial charge in [-0.3, -0.25) is 9.59 Å². The molecule has 7 heteroatoms. The summed E-state index contributed by atoms with van der Waals surface area (Å²) in [5.74, 6) is -1.06. The molecule has 2 amide bonds. The summed E-state index contributed by atoms with van der Waals surface area (Å²) in [5, 5.41) is 21.7. The van der Waals surface area contributed by atoms with Crippen LogP contribution in [0.3, 0.4) is 0 Å². The molecule has 0 atom stereocenters. The first-order chi connectivity index (χ1) is 15.1. The highest BCUT2D eigenvalue weighted by atomic mass is 16.3. The third kappa shape index (κ3) is 4.51. The molecule has 0 saturated heterocycles. The summed E-state index contributed by atoms with van der Waals surface area (Å²) in [5.41, 5.74) is 2.47. The molecular weight excluding hydrogens is 392 g/mol. The molecule has 31 heavy (non-hydrogen) atoms. The summed E-state index contributed by atoms with van der Waals surface area (Å²) in [6.45, 7) is 0.157. The lowest BCUT2D eigenvalue weighted by atomic mass is 10.2. The Morgan fingerprint density at radius 3 is 2.26 bits per heavy atom. The van der Waals surface area contributed by atoms with E-state index < -0.39 is 5.91 Å². The van der Waals surface area contributed by atoms with Crippen LogP contribution in [0.15, 0.2) is 95.2 Å². The maximum atomic E-state index is 12.1. The zero-order chi connectivity index (χ0) is 21.6. The maximum absolute atomic E-state index is 12.1. The molecule has 1 aromatic heterocycles. The molecule has 2 N–H and O–H groups in total. The van der Waals surface area contributed by atoms with Gasteiger partial charge in [-0.2, -0.15) is 0 Å². The number of aromatic nitrogens is 1. The van der Waals surface area contributed by atoms with Gasteiger partial charge in [0.2, 0.25) is 5.88 Å². The van der Waals surface area contributed by atoms with E-state index in [2.05, 4.69) is 15.5 Å². The standard InChI is InChI=1S/C24H20N4O3/c29-21(15-25-23(30)18-11-5-2-6-12-18)26-27-22-19-13-7-8-14-20(19)28(24(22)31)16-17-9-3-1-4-10-17/h1-14,31H,15-16H2,(H,25,30). The normalized spacial score (nSPS) is 11.1. The molecule has 154 valence electrons. The number of para-hydroxylation sites is 1. The second-order valence-electron chi connectivity index (χ2n) is 6.90. The summed E-state index contributed by atoms with van der Waals surface area (Å²) in [4.78, 5) is 24.2. The molecule has 0 fully saturated rings. The Morgan fingerprint density at radius 2 is 1.52 bits per heavy atom. The monoisotopic (exact) mass is 412 g/mol. The van der Waals surface area contributed by atoms with E-state index >= 15 is 0 Å². The van der Waals surface area contributed by atoms with E-state index in [0.29, 0.717) is 17.5 Å². The summed E-state index contributed by atoms with van der Waals surface area (Å²) < 4.78 is 1.72. The Balaban J connectivity index is 1.52. The molecule has 0 radical (unpaired) electrons. The van der Waals surface area contributed by atoms with Gasteiger partial charge in [0.05, 0.1) is 12.1 Å². The lowest BCUT2D eigenvalue weighted by Gasteiger charge is -2.06. The first-order valence-corrected chi connectivity index (χ1v) is 9.75. The van der Waals surface area contributed by atoms with E-state index in [4.69, 9.17) is 0 Å². The van der Waals surface area contributed by atoms with Gasteiger partial charge in [0, 0.05) is 10.9 Å². The quantitative estimate of drug-likeness (QED) is 0.458. The van der Waals surface area contributed by atoms with Gasteiger partial charge in [-0.1, -0.05) is 66.7 Å². The molecule has 0 aliphatic heterocycles. The predicted molar refractivity (Wildman–Crippen MR) is 117 cm³/mol. The number of hydrogen-bond acceptors (Lipinski definition) is 4. The number of rotatable bonds is 6. The molecule has 4 aromatic rings. The molecule has 4 rings (SSSR count). The number of carbonyl (C=O) groups is 2. The Labute approximate surface area is 178 Å². The number of hydrogen-bond donors (Lipinski definition) is 2. The van der Waals surface area contributed by atoms with Crippen LogP contribution in [0.5, 0.6) is 5.88 Å². The summed E-state index contributed by atoms with van der Waals surface area (Å²) in [6, 6.07) is 25.7. The Kier molecular flexibility index (Phi) is 5.84. The molecule has 3 aromatic carbocycles. The zero-order valence-corrected chi connectivity index (χ0v) is 16.6. The van der Waals surface area contributed by atoms with E-state index in [0.717, 1.165) is 11.1 Å². The third-order valence-corrected chi connectivity index (χ3v) is 4.80. The van der Waals surface area contributed by atoms with Crippen LogP contribution in [0.25, 0.3) is 10.9 Å². The van der Waals surface area contributed by atoms with Crippen LogP contribution in [-0.4, -0.2) is 28.0 Å². The molecule has 1 heterocycles. The zero-order valence-electron chi connectivity index (χ0n) is 16.6. The SMILES string of the molecule is O=C(CNC(=O)c1ccccc1)N=Nc1c(O)n(Cc2ccccc2)c2ccccc12. The van der Waals surface area contributed by atoms with Crippen LogP contribution < -0.4 is 5.32 Å². The topological polar surface area (TPSA) is 96.1 Å². The number of nitrogens with zero attached hydrogens (tertiary/aromatic N) is 3. The van der Waals surface area contributed by atoms with Crippen molar-refractivity contribution in [1.82, 2.24) is 9.88 Å². The highest BCUT2D eigenvalue weighted by Gasteiger charge is 2.17. The van der Waals surface area contributed by atoms with Crippen molar-refractivity contribution in [3.63, 3.8) is 0 Å². The van der Waals surface area contributed by atoms with Gasteiger partial charge in [-0.15, -0.1) is 10.2 Å². The van der Waals surface area contributed by atoms with Gasteiger partial charge >= 0.3 is 0 Å². The van der Waals surface area contributed by atoms with Crippen LogP contribution in [0, 0.1) is 0 Å². The predicted octanol–water partition coefficient (Wildman–Crippen LogP) is 4.44. The number of azo groups is 1. The van der Waals surface area contributed by atoms with Crippen LogP contribution >= 0.6 is 0 Å². The number of benzene rings is 3. The third-order valence-electron chi connectivity index (χ3n) is 4.80. The fourth-order valence-electron chi connectivity index (χ4n) is 3.28. The van der Waals surface area contributed by atoms with Gasteiger partial charge in [0.1, 0.15) is 6.54 Å². The molecule has 0 unspecified atom stereocenters. The number of aromatic hydroxyl groups is 1. The average Bonchev–Trinajstić information content (AvgIpc) is 3.08. The maximum Gasteiger partial charge on any atom is 0.283 e. The molecule has 0 aliphatic rings. The van der Waals surface area contributed by atoms with Crippen molar-refractivity contribution in [1.29, 1.82) is 0 Å². The van der Waals surface area contributed by atoms with Crippen molar-refractivity contribution >= 4 is 28.4 Å². The van der Waals surface area contributed by atoms with Crippen LogP contribution in [0.2, 0.25) is 0 Å². The van der Waals surface area contributed by atoms with Crippen LogP contribution in [0.1, 0.15) is 15.9 Å². The summed E-state index contributed by atoms with van der Waals surface area (Å²) in [7, 11) is 0. The van der Waals surface area contributed by atoms with Crippen molar-refractivity contribution in [2.75, 3.05) is 6.54 Å². The fraction of sp³-hybridized carbons (Fsp3) is 0.0833. The Bertz CT molecular complexity index is 1250. The molecule has 7 nitrogen and oxygen atoms in total. The van der Waals surface area contributed by atoms with E-state index in [1.807, 2.05) is 54.6 Å². The first-order valence-electron chi connectivity index (χ1n) is 9.75. The molecule has 0 aliphatic carbocycles. The fourth-order valence-corrected chi connectivity index (χ4v) is 3.28. The lowest BCUT2D eigenvalue weighted by Crippen LogP contribution is -2.28. The highest BCUT2D eigenvalue weighted by Crippen LogP contribution is 2.39.